The Morgan fingerprint density at radius 3 is 1.91 bits per heavy atom. The minimum Gasteiger partial charge on any atom is -0.443 e. The van der Waals surface area contributed by atoms with Gasteiger partial charge in [-0.3, -0.25) is 0 Å². The Balaban J connectivity index is 2.80. The third kappa shape index (κ3) is 11.0. The molecule has 1 saturated carbocycles. The quantitative estimate of drug-likeness (QED) is 0.219. The molecule has 0 aliphatic heterocycles. The van der Waals surface area contributed by atoms with E-state index < -0.39 is 23.4 Å². The monoisotopic (exact) mass is 481 g/mol. The van der Waals surface area contributed by atoms with Gasteiger partial charge < -0.3 is 9.47 Å². The molecule has 0 bridgehead atoms. The number of unbranched alkanes of at least 4 members (excludes halogenated alkanes) is 7. The highest BCUT2D eigenvalue weighted by Gasteiger charge is 2.39. The van der Waals surface area contributed by atoms with Gasteiger partial charge in [-0.1, -0.05) is 91.4 Å². The summed E-state index contributed by atoms with van der Waals surface area (Å²) in [5.74, 6) is 0.554. The van der Waals surface area contributed by atoms with E-state index >= 15 is 0 Å². The normalized spacial score (nSPS) is 16.2. The fourth-order valence-electron chi connectivity index (χ4n) is 4.88. The number of ether oxygens (including phenoxy) is 2. The highest BCUT2D eigenvalue weighted by molar-refractivity contribution is 5.88. The van der Waals surface area contributed by atoms with Crippen LogP contribution >= 0.6 is 0 Å². The highest BCUT2D eigenvalue weighted by Crippen LogP contribution is 2.35. The van der Waals surface area contributed by atoms with E-state index in [-0.39, 0.29) is 5.92 Å². The van der Waals surface area contributed by atoms with Crippen LogP contribution in [0.1, 0.15) is 145 Å². The first kappa shape index (κ1) is 30.8. The van der Waals surface area contributed by atoms with Gasteiger partial charge in [-0.2, -0.15) is 0 Å². The number of amides is 2. The lowest BCUT2D eigenvalue weighted by atomic mass is 9.79. The molecule has 5 nitrogen and oxygen atoms in total. The average Bonchev–Trinajstić information content (AvgIpc) is 2.79. The zero-order valence-electron chi connectivity index (χ0n) is 23.5. The van der Waals surface area contributed by atoms with Crippen molar-refractivity contribution in [3.05, 3.63) is 0 Å². The molecule has 34 heavy (non-hydrogen) atoms. The van der Waals surface area contributed by atoms with Crippen molar-refractivity contribution in [2.75, 3.05) is 6.54 Å². The first-order chi connectivity index (χ1) is 16.0. The number of nitrogens with zero attached hydrogens (tertiary/aromatic N) is 1. The van der Waals surface area contributed by atoms with Crippen LogP contribution in [0.15, 0.2) is 0 Å². The van der Waals surface area contributed by atoms with E-state index in [1.165, 1.54) is 49.8 Å². The number of hydrogen-bond acceptors (Lipinski definition) is 4. The zero-order valence-corrected chi connectivity index (χ0v) is 23.5. The Kier molecular flexibility index (Phi) is 14.2. The molecule has 1 aliphatic rings. The third-order valence-corrected chi connectivity index (χ3v) is 7.89. The number of carbonyl (C=O) groups is 2. The Labute approximate surface area is 210 Å². The van der Waals surface area contributed by atoms with E-state index in [0.29, 0.717) is 12.5 Å². The van der Waals surface area contributed by atoms with Crippen LogP contribution in [-0.2, 0) is 9.47 Å². The van der Waals surface area contributed by atoms with Crippen molar-refractivity contribution in [3.8, 4) is 0 Å². The molecule has 5 heteroatoms. The minimum atomic E-state index is -0.635. The maximum absolute atomic E-state index is 13.3. The van der Waals surface area contributed by atoms with Crippen LogP contribution in [0.5, 0.6) is 0 Å². The second-order valence-corrected chi connectivity index (χ2v) is 11.6. The molecule has 0 spiro atoms. The summed E-state index contributed by atoms with van der Waals surface area (Å²) < 4.78 is 11.9. The minimum absolute atomic E-state index is 0.214. The number of hydrogen-bond donors (Lipinski definition) is 0. The maximum atomic E-state index is 13.3. The molecule has 0 N–H and O–H groups in total. The first-order valence-corrected chi connectivity index (χ1v) is 14.3. The summed E-state index contributed by atoms with van der Waals surface area (Å²) in [6.45, 7) is 14.8. The lowest BCUT2D eigenvalue weighted by molar-refractivity contribution is -0.0481. The molecule has 0 aromatic rings. The van der Waals surface area contributed by atoms with Gasteiger partial charge in [0.05, 0.1) is 0 Å². The molecular weight excluding hydrogens is 426 g/mol. The molecule has 0 heterocycles. The van der Waals surface area contributed by atoms with Gasteiger partial charge in [0.1, 0.15) is 11.2 Å². The van der Waals surface area contributed by atoms with Gasteiger partial charge in [-0.15, -0.1) is 0 Å². The van der Waals surface area contributed by atoms with Crippen LogP contribution in [0, 0.1) is 11.8 Å². The van der Waals surface area contributed by atoms with Gasteiger partial charge in [0.25, 0.3) is 0 Å². The number of rotatable bonds is 15. The van der Waals surface area contributed by atoms with Crippen LogP contribution in [0.4, 0.5) is 9.59 Å². The summed E-state index contributed by atoms with van der Waals surface area (Å²) in [4.78, 5) is 27.8. The standard InChI is InChI=1S/C29H55NO4/c1-8-10-12-13-14-15-19-23-30(26(31)33-28(4,5)24(3)20-11-9-2)27(32)34-29(6,7)25-21-17-16-18-22-25/h24-25H,8-23H2,1-7H3. The fourth-order valence-corrected chi connectivity index (χ4v) is 4.88. The molecule has 0 saturated heterocycles. The molecule has 1 aliphatic carbocycles. The van der Waals surface area contributed by atoms with Crippen molar-refractivity contribution in [3.63, 3.8) is 0 Å². The molecule has 2 amide bonds. The second kappa shape index (κ2) is 15.7. The SMILES string of the molecule is CCCCCCCCCN(C(=O)OC(C)(C)C(C)CCCC)C(=O)OC(C)(C)C1CCCCC1. The summed E-state index contributed by atoms with van der Waals surface area (Å²) >= 11 is 0. The summed E-state index contributed by atoms with van der Waals surface area (Å²) in [6.07, 6.45) is 15.7. The van der Waals surface area contributed by atoms with Gasteiger partial charge >= 0.3 is 12.2 Å². The maximum Gasteiger partial charge on any atom is 0.419 e. The lowest BCUT2D eigenvalue weighted by Crippen LogP contribution is -2.48. The molecule has 1 fully saturated rings. The predicted molar refractivity (Wildman–Crippen MR) is 141 cm³/mol. The van der Waals surface area contributed by atoms with E-state index in [4.69, 9.17) is 9.47 Å². The van der Waals surface area contributed by atoms with E-state index in [2.05, 4.69) is 20.8 Å². The Morgan fingerprint density at radius 2 is 1.32 bits per heavy atom. The van der Waals surface area contributed by atoms with Gasteiger partial charge in [-0.25, -0.2) is 14.5 Å². The largest absolute Gasteiger partial charge is 0.443 e. The molecule has 1 unspecified atom stereocenters. The van der Waals surface area contributed by atoms with Crippen LogP contribution in [0.3, 0.4) is 0 Å². The van der Waals surface area contributed by atoms with E-state index in [1.54, 1.807) is 0 Å². The Hall–Kier alpha value is -1.26. The van der Waals surface area contributed by atoms with Gasteiger partial charge in [0, 0.05) is 6.54 Å². The molecule has 1 rings (SSSR count). The van der Waals surface area contributed by atoms with Crippen LogP contribution in [-0.4, -0.2) is 34.8 Å². The lowest BCUT2D eigenvalue weighted by Gasteiger charge is -2.38. The molecule has 0 radical (unpaired) electrons. The average molecular weight is 482 g/mol. The summed E-state index contributed by atoms with van der Waals surface area (Å²) in [7, 11) is 0. The van der Waals surface area contributed by atoms with E-state index in [0.717, 1.165) is 51.4 Å². The molecule has 200 valence electrons. The van der Waals surface area contributed by atoms with Crippen LogP contribution in [0.2, 0.25) is 0 Å². The second-order valence-electron chi connectivity index (χ2n) is 11.6. The summed E-state index contributed by atoms with van der Waals surface area (Å²) in [6, 6.07) is 0. The third-order valence-electron chi connectivity index (χ3n) is 7.89. The fraction of sp³-hybridized carbons (Fsp3) is 0.931. The van der Waals surface area contributed by atoms with Crippen molar-refractivity contribution < 1.29 is 19.1 Å². The highest BCUT2D eigenvalue weighted by atomic mass is 16.6. The van der Waals surface area contributed by atoms with Crippen LogP contribution < -0.4 is 0 Å². The Morgan fingerprint density at radius 1 is 0.794 bits per heavy atom. The Bertz CT molecular complexity index is 581. The molecule has 1 atom stereocenters. The first-order valence-electron chi connectivity index (χ1n) is 14.3. The summed E-state index contributed by atoms with van der Waals surface area (Å²) in [5.41, 5.74) is -1.22. The van der Waals surface area contributed by atoms with Gasteiger partial charge in [-0.05, 0) is 65.2 Å². The van der Waals surface area contributed by atoms with Crippen molar-refractivity contribution in [2.45, 2.75) is 156 Å². The van der Waals surface area contributed by atoms with Crippen molar-refractivity contribution >= 4 is 12.2 Å². The van der Waals surface area contributed by atoms with Crippen molar-refractivity contribution in [2.24, 2.45) is 11.8 Å². The van der Waals surface area contributed by atoms with Crippen molar-refractivity contribution in [1.29, 1.82) is 0 Å². The molecular formula is C29H55NO4. The number of imide groups is 1. The van der Waals surface area contributed by atoms with Gasteiger partial charge in [0.2, 0.25) is 0 Å². The zero-order chi connectivity index (χ0) is 25.6. The topological polar surface area (TPSA) is 55.8 Å². The van der Waals surface area contributed by atoms with Crippen molar-refractivity contribution in [1.82, 2.24) is 4.90 Å². The molecule has 0 aromatic heterocycles. The van der Waals surface area contributed by atoms with Gasteiger partial charge in [0.15, 0.2) is 0 Å². The van der Waals surface area contributed by atoms with E-state index in [9.17, 15) is 9.59 Å². The van der Waals surface area contributed by atoms with Crippen LogP contribution in [0.25, 0.3) is 0 Å². The summed E-state index contributed by atoms with van der Waals surface area (Å²) in [5, 5.41) is 0. The molecule has 0 aromatic carbocycles. The number of carbonyl (C=O) groups excluding carboxylic acids is 2. The van der Waals surface area contributed by atoms with E-state index in [1.807, 2.05) is 27.7 Å². The smallest absolute Gasteiger partial charge is 0.419 e. The predicted octanol–water partition coefficient (Wildman–Crippen LogP) is 9.28.